The molecule has 2 aromatic carbocycles. The number of benzene rings is 2. The molecule has 0 atom stereocenters. The normalized spacial score (nSPS) is 23.2. The molecule has 0 radical (unpaired) electrons. The highest BCUT2D eigenvalue weighted by Crippen LogP contribution is 2.57. The van der Waals surface area contributed by atoms with Crippen LogP contribution in [0.2, 0.25) is 0 Å². The van der Waals surface area contributed by atoms with E-state index in [2.05, 4.69) is 32.5 Å². The topological polar surface area (TPSA) is 109 Å². The van der Waals surface area contributed by atoms with Crippen molar-refractivity contribution in [2.75, 3.05) is 39.6 Å². The third-order valence-corrected chi connectivity index (χ3v) is 10.4. The predicted molar refractivity (Wildman–Crippen MR) is 167 cm³/mol. The van der Waals surface area contributed by atoms with E-state index < -0.39 is 23.2 Å². The van der Waals surface area contributed by atoms with Crippen molar-refractivity contribution in [2.24, 2.45) is 5.41 Å². The molecule has 2 aliphatic carbocycles. The quantitative estimate of drug-likeness (QED) is 0.316. The van der Waals surface area contributed by atoms with E-state index in [0.29, 0.717) is 22.9 Å². The standard InChI is InChI=1S/C34H37F3N6O4/c1-42-16-15-32(19-42)11-9-21(10-12-32)39-28(44)20-7-8-24(26(17-20)46-3)40-31-38-18-23(34(35,36)37)29(41-31)47-25-6-4-5-22-27(25)30(45)43(2)33(22)13-14-33/h4-8,17-18,21H,9-16,19H2,1-3H3,(H,39,44)(H,38,40,41). The SMILES string of the molecule is COc1cc(C(=O)NC2CCC3(CC2)CCN(C)C3)ccc1Nc1ncc(C(F)(F)F)c(Oc2cccc3c2C(=O)N(C)C32CC2)n1. The largest absolute Gasteiger partial charge is 0.495 e. The van der Waals surface area contributed by atoms with E-state index in [4.69, 9.17) is 9.47 Å². The molecule has 2 N–H and O–H groups in total. The van der Waals surface area contributed by atoms with Crippen LogP contribution in [-0.2, 0) is 11.7 Å². The van der Waals surface area contributed by atoms with Crippen LogP contribution < -0.4 is 20.1 Å². The molecule has 1 aromatic heterocycles. The summed E-state index contributed by atoms with van der Waals surface area (Å²) in [4.78, 5) is 38.2. The van der Waals surface area contributed by atoms with Gasteiger partial charge in [-0.1, -0.05) is 12.1 Å². The van der Waals surface area contributed by atoms with Gasteiger partial charge in [0.15, 0.2) is 0 Å². The average molecular weight is 651 g/mol. The summed E-state index contributed by atoms with van der Waals surface area (Å²) in [5, 5.41) is 6.05. The molecule has 2 aliphatic heterocycles. The molecule has 1 saturated heterocycles. The van der Waals surface area contributed by atoms with Gasteiger partial charge in [-0.15, -0.1) is 0 Å². The second kappa shape index (κ2) is 11.4. The number of alkyl halides is 3. The van der Waals surface area contributed by atoms with E-state index in [0.717, 1.165) is 57.2 Å². The summed E-state index contributed by atoms with van der Waals surface area (Å²) in [6.07, 6.45) is 2.64. The highest BCUT2D eigenvalue weighted by Gasteiger charge is 2.57. The molecule has 2 amide bonds. The Kier molecular flexibility index (Phi) is 7.57. The van der Waals surface area contributed by atoms with Gasteiger partial charge in [-0.3, -0.25) is 9.59 Å². The smallest absolute Gasteiger partial charge is 0.423 e. The zero-order valence-corrected chi connectivity index (χ0v) is 26.5. The number of aromatic nitrogens is 2. The van der Waals surface area contributed by atoms with Crippen LogP contribution in [0.1, 0.15) is 76.8 Å². The summed E-state index contributed by atoms with van der Waals surface area (Å²) in [5.41, 5.74) is 0.469. The van der Waals surface area contributed by atoms with Gasteiger partial charge in [0.2, 0.25) is 11.8 Å². The molecule has 3 aromatic rings. The van der Waals surface area contributed by atoms with Crippen molar-refractivity contribution in [2.45, 2.75) is 62.7 Å². The molecule has 0 unspecified atom stereocenters. The highest BCUT2D eigenvalue weighted by atomic mass is 19.4. The number of halogens is 3. The van der Waals surface area contributed by atoms with E-state index in [1.807, 2.05) is 6.07 Å². The highest BCUT2D eigenvalue weighted by molar-refractivity contribution is 6.03. The van der Waals surface area contributed by atoms with E-state index in [1.54, 1.807) is 36.2 Å². The minimum Gasteiger partial charge on any atom is -0.495 e. The number of methoxy groups -OCH3 is 1. The Balaban J connectivity index is 1.09. The summed E-state index contributed by atoms with van der Waals surface area (Å²) in [6, 6.07) is 9.80. The molecule has 13 heteroatoms. The van der Waals surface area contributed by atoms with E-state index in [9.17, 15) is 22.8 Å². The van der Waals surface area contributed by atoms with Crippen LogP contribution in [0.4, 0.5) is 24.8 Å². The molecule has 47 heavy (non-hydrogen) atoms. The maximum atomic E-state index is 14.0. The van der Waals surface area contributed by atoms with E-state index in [-0.39, 0.29) is 40.9 Å². The number of rotatable bonds is 7. The number of fused-ring (bicyclic) bond motifs is 2. The number of nitrogens with one attached hydrogen (secondary N) is 2. The number of anilines is 2. The van der Waals surface area contributed by atoms with Gasteiger partial charge in [0.25, 0.3) is 11.8 Å². The Labute approximate surface area is 270 Å². The lowest BCUT2D eigenvalue weighted by atomic mass is 9.72. The maximum Gasteiger partial charge on any atom is 0.423 e. The van der Waals surface area contributed by atoms with Crippen molar-refractivity contribution in [3.63, 3.8) is 0 Å². The Morgan fingerprint density at radius 3 is 2.47 bits per heavy atom. The first-order valence-corrected chi connectivity index (χ1v) is 15.9. The molecule has 10 nitrogen and oxygen atoms in total. The summed E-state index contributed by atoms with van der Waals surface area (Å²) in [5.74, 6) is -1.18. The molecule has 2 spiro atoms. The molecule has 7 rings (SSSR count). The monoisotopic (exact) mass is 650 g/mol. The molecule has 248 valence electrons. The van der Waals surface area contributed by atoms with Crippen LogP contribution in [0, 0.1) is 5.41 Å². The van der Waals surface area contributed by atoms with Gasteiger partial charge < -0.3 is 29.9 Å². The van der Waals surface area contributed by atoms with Crippen molar-refractivity contribution < 1.29 is 32.2 Å². The lowest BCUT2D eigenvalue weighted by Gasteiger charge is -2.37. The number of carbonyl (C=O) groups excluding carboxylic acids is 2. The third-order valence-electron chi connectivity index (χ3n) is 10.4. The summed E-state index contributed by atoms with van der Waals surface area (Å²) < 4.78 is 53.4. The predicted octanol–water partition coefficient (Wildman–Crippen LogP) is 6.11. The number of likely N-dealkylation sites (tertiary alicyclic amines) is 1. The zero-order valence-electron chi connectivity index (χ0n) is 26.5. The fourth-order valence-corrected chi connectivity index (χ4v) is 7.56. The second-order valence-electron chi connectivity index (χ2n) is 13.4. The lowest BCUT2D eigenvalue weighted by Crippen LogP contribution is -2.41. The van der Waals surface area contributed by atoms with Gasteiger partial charge in [0.1, 0.15) is 17.1 Å². The fourth-order valence-electron chi connectivity index (χ4n) is 7.56. The van der Waals surface area contributed by atoms with Crippen LogP contribution in [0.25, 0.3) is 0 Å². The van der Waals surface area contributed by atoms with Gasteiger partial charge in [-0.25, -0.2) is 4.98 Å². The number of amides is 2. The first kappa shape index (κ1) is 31.2. The van der Waals surface area contributed by atoms with Crippen molar-refractivity contribution in [1.82, 2.24) is 25.1 Å². The molecule has 4 aliphatic rings. The number of ether oxygens (including phenoxy) is 2. The van der Waals surface area contributed by atoms with Gasteiger partial charge >= 0.3 is 6.18 Å². The first-order chi connectivity index (χ1) is 22.4. The third kappa shape index (κ3) is 5.64. The van der Waals surface area contributed by atoms with Crippen molar-refractivity contribution in [3.05, 3.63) is 64.8 Å². The molecule has 3 heterocycles. The Morgan fingerprint density at radius 1 is 1.04 bits per heavy atom. The fraction of sp³-hybridized carbons (Fsp3) is 0.471. The van der Waals surface area contributed by atoms with Crippen LogP contribution in [0.5, 0.6) is 17.4 Å². The summed E-state index contributed by atoms with van der Waals surface area (Å²) in [7, 11) is 5.28. The van der Waals surface area contributed by atoms with Gasteiger partial charge in [-0.2, -0.15) is 18.2 Å². The zero-order chi connectivity index (χ0) is 33.1. The lowest BCUT2D eigenvalue weighted by molar-refractivity contribution is -0.139. The Morgan fingerprint density at radius 2 is 1.81 bits per heavy atom. The van der Waals surface area contributed by atoms with Crippen LogP contribution in [0.15, 0.2) is 42.6 Å². The van der Waals surface area contributed by atoms with Gasteiger partial charge in [-0.05, 0) is 93.8 Å². The minimum absolute atomic E-state index is 0.00469. The second-order valence-corrected chi connectivity index (χ2v) is 13.4. The average Bonchev–Trinajstić information content (AvgIpc) is 3.73. The summed E-state index contributed by atoms with van der Waals surface area (Å²) >= 11 is 0. The number of hydrogen-bond acceptors (Lipinski definition) is 8. The first-order valence-electron chi connectivity index (χ1n) is 15.9. The molecule has 0 bridgehead atoms. The number of hydrogen-bond donors (Lipinski definition) is 2. The van der Waals surface area contributed by atoms with E-state index in [1.165, 1.54) is 19.6 Å². The molecular formula is C34H37F3N6O4. The summed E-state index contributed by atoms with van der Waals surface area (Å²) in [6.45, 7) is 2.24. The van der Waals surface area contributed by atoms with Crippen LogP contribution in [-0.4, -0.2) is 71.9 Å². The van der Waals surface area contributed by atoms with Gasteiger partial charge in [0.05, 0.1) is 23.9 Å². The Hall–Kier alpha value is -4.39. The number of nitrogens with zero attached hydrogens (tertiary/aromatic N) is 4. The Bertz CT molecular complexity index is 1740. The van der Waals surface area contributed by atoms with Crippen LogP contribution >= 0.6 is 0 Å². The van der Waals surface area contributed by atoms with Crippen molar-refractivity contribution in [1.29, 1.82) is 0 Å². The van der Waals surface area contributed by atoms with Crippen LogP contribution in [0.3, 0.4) is 0 Å². The van der Waals surface area contributed by atoms with Crippen molar-refractivity contribution in [3.8, 4) is 17.4 Å². The minimum atomic E-state index is -4.82. The van der Waals surface area contributed by atoms with Crippen molar-refractivity contribution >= 4 is 23.5 Å². The number of carbonyl (C=O) groups is 2. The van der Waals surface area contributed by atoms with Gasteiger partial charge in [0, 0.05) is 31.4 Å². The van der Waals surface area contributed by atoms with E-state index >= 15 is 0 Å². The molecule has 2 saturated carbocycles. The maximum absolute atomic E-state index is 14.0. The molecular weight excluding hydrogens is 613 g/mol. The molecule has 3 fully saturated rings.